The van der Waals surface area contributed by atoms with Crippen LogP contribution < -0.4 is 5.32 Å². The number of rotatable bonds is 5. The molecule has 150 valence electrons. The highest BCUT2D eigenvalue weighted by atomic mass is 32.2. The highest BCUT2D eigenvalue weighted by molar-refractivity contribution is 7.86. The van der Waals surface area contributed by atoms with Gasteiger partial charge in [0.05, 0.1) is 12.4 Å². The number of nitrogens with one attached hydrogen (secondary N) is 1. The first-order valence-corrected chi connectivity index (χ1v) is 11.0. The number of amides is 1. The molecule has 1 heterocycles. The molecule has 1 saturated carbocycles. The zero-order valence-electron chi connectivity index (χ0n) is 15.8. The molecule has 1 N–H and O–H groups in total. The molecule has 1 aliphatic heterocycles. The fourth-order valence-corrected chi connectivity index (χ4v) is 4.98. The van der Waals surface area contributed by atoms with Crippen molar-refractivity contribution in [2.75, 3.05) is 13.4 Å². The lowest BCUT2D eigenvalue weighted by Gasteiger charge is -2.49. The van der Waals surface area contributed by atoms with Crippen LogP contribution in [-0.4, -0.2) is 52.2 Å². The van der Waals surface area contributed by atoms with E-state index in [-0.39, 0.29) is 17.9 Å². The summed E-state index contributed by atoms with van der Waals surface area (Å²) in [7, 11) is -2.24. The summed E-state index contributed by atoms with van der Waals surface area (Å²) in [5, 5.41) is 2.76. The quantitative estimate of drug-likeness (QED) is 0.762. The molecule has 0 bridgehead atoms. The van der Waals surface area contributed by atoms with Crippen molar-refractivity contribution in [1.82, 2.24) is 5.32 Å². The Hall–Kier alpha value is -1.48. The van der Waals surface area contributed by atoms with Gasteiger partial charge in [-0.15, -0.1) is 0 Å². The van der Waals surface area contributed by atoms with E-state index in [1.165, 1.54) is 19.6 Å². The molecule has 1 saturated heterocycles. The van der Waals surface area contributed by atoms with E-state index in [0.29, 0.717) is 5.92 Å². The van der Waals surface area contributed by atoms with Crippen molar-refractivity contribution in [2.24, 2.45) is 5.92 Å². The van der Waals surface area contributed by atoms with Gasteiger partial charge in [0, 0.05) is 20.0 Å². The van der Waals surface area contributed by atoms with E-state index in [1.54, 1.807) is 0 Å². The molecule has 1 aromatic rings. The van der Waals surface area contributed by atoms with Crippen molar-refractivity contribution >= 4 is 16.0 Å². The topological polar surface area (TPSA) is 90.9 Å². The van der Waals surface area contributed by atoms with Crippen LogP contribution in [0.5, 0.6) is 0 Å². The maximum absolute atomic E-state index is 11.9. The van der Waals surface area contributed by atoms with Crippen LogP contribution in [0.3, 0.4) is 0 Å². The number of carbonyl (C=O) groups excluding carboxylic acids is 1. The number of benzene rings is 1. The van der Waals surface area contributed by atoms with Gasteiger partial charge in [0.25, 0.3) is 10.1 Å². The molecule has 1 amide bonds. The monoisotopic (exact) mass is 397 g/mol. The van der Waals surface area contributed by atoms with Gasteiger partial charge in [-0.25, -0.2) is 0 Å². The molecule has 8 heteroatoms. The van der Waals surface area contributed by atoms with E-state index >= 15 is 0 Å². The predicted molar refractivity (Wildman–Crippen MR) is 99.5 cm³/mol. The zero-order valence-corrected chi connectivity index (χ0v) is 16.6. The lowest BCUT2D eigenvalue weighted by Crippen LogP contribution is -2.63. The molecule has 6 atom stereocenters. The molecule has 0 spiro atoms. The molecule has 0 aromatic heterocycles. The zero-order chi connectivity index (χ0) is 19.6. The smallest absolute Gasteiger partial charge is 0.264 e. The average molecular weight is 397 g/mol. The van der Waals surface area contributed by atoms with E-state index in [4.69, 9.17) is 13.7 Å². The Kier molecular flexibility index (Phi) is 6.20. The van der Waals surface area contributed by atoms with Gasteiger partial charge in [-0.1, -0.05) is 30.3 Å². The number of methoxy groups -OCH3 is 1. The molecule has 3 rings (SSSR count). The van der Waals surface area contributed by atoms with Gasteiger partial charge in [0.2, 0.25) is 5.91 Å². The summed E-state index contributed by atoms with van der Waals surface area (Å²) >= 11 is 0. The molecular weight excluding hydrogens is 370 g/mol. The third-order valence-electron chi connectivity index (χ3n) is 5.37. The van der Waals surface area contributed by atoms with Crippen LogP contribution in [0.25, 0.3) is 0 Å². The van der Waals surface area contributed by atoms with E-state index in [0.717, 1.165) is 25.5 Å². The highest BCUT2D eigenvalue weighted by Gasteiger charge is 2.50. The second kappa shape index (κ2) is 8.26. The average Bonchev–Trinajstić information content (AvgIpc) is 2.62. The predicted octanol–water partition coefficient (Wildman–Crippen LogP) is 1.79. The first kappa shape index (κ1) is 20.3. The summed E-state index contributed by atoms with van der Waals surface area (Å²) in [5.74, 6) is -0.165. The van der Waals surface area contributed by atoms with Crippen LogP contribution in [0.15, 0.2) is 30.3 Å². The SMILES string of the molecule is CO[C@@H]1O[C@@H]2CC[C@H](c3ccccc3)C[C@@H]2[C@H](OS(C)(=O)=O)[C@@H]1NC(C)=O. The maximum atomic E-state index is 11.9. The Morgan fingerprint density at radius 2 is 1.93 bits per heavy atom. The Morgan fingerprint density at radius 3 is 2.52 bits per heavy atom. The Labute approximate surface area is 160 Å². The molecular formula is C19H27NO6S. The van der Waals surface area contributed by atoms with E-state index in [1.807, 2.05) is 18.2 Å². The Bertz CT molecular complexity index is 753. The van der Waals surface area contributed by atoms with Crippen molar-refractivity contribution in [3.63, 3.8) is 0 Å². The van der Waals surface area contributed by atoms with Crippen molar-refractivity contribution in [3.05, 3.63) is 35.9 Å². The summed E-state index contributed by atoms with van der Waals surface area (Å²) in [6, 6.07) is 9.46. The van der Waals surface area contributed by atoms with Crippen LogP contribution >= 0.6 is 0 Å². The number of carbonyl (C=O) groups is 1. The summed E-state index contributed by atoms with van der Waals surface area (Å²) < 4.78 is 40.8. The first-order chi connectivity index (χ1) is 12.8. The molecule has 0 radical (unpaired) electrons. The van der Waals surface area contributed by atoms with Gasteiger partial charge in [-0.3, -0.25) is 8.98 Å². The van der Waals surface area contributed by atoms with Crippen LogP contribution in [0.2, 0.25) is 0 Å². The molecule has 1 aliphatic carbocycles. The molecule has 7 nitrogen and oxygen atoms in total. The number of hydrogen-bond acceptors (Lipinski definition) is 6. The third kappa shape index (κ3) is 4.87. The number of ether oxygens (including phenoxy) is 2. The lowest BCUT2D eigenvalue weighted by atomic mass is 9.71. The summed E-state index contributed by atoms with van der Waals surface area (Å²) in [6.45, 7) is 1.38. The van der Waals surface area contributed by atoms with Crippen molar-refractivity contribution in [3.8, 4) is 0 Å². The fourth-order valence-electron chi connectivity index (χ4n) is 4.32. The van der Waals surface area contributed by atoms with Gasteiger partial charge in [0.1, 0.15) is 12.1 Å². The summed E-state index contributed by atoms with van der Waals surface area (Å²) in [6.07, 6.45) is 1.81. The van der Waals surface area contributed by atoms with Crippen molar-refractivity contribution in [2.45, 2.75) is 56.6 Å². The fraction of sp³-hybridized carbons (Fsp3) is 0.632. The highest BCUT2D eigenvalue weighted by Crippen LogP contribution is 2.44. The van der Waals surface area contributed by atoms with Crippen molar-refractivity contribution < 1.29 is 26.9 Å². The third-order valence-corrected chi connectivity index (χ3v) is 5.94. The second-order valence-corrected chi connectivity index (χ2v) is 8.96. The Morgan fingerprint density at radius 1 is 1.22 bits per heavy atom. The lowest BCUT2D eigenvalue weighted by molar-refractivity contribution is -0.245. The van der Waals surface area contributed by atoms with Crippen molar-refractivity contribution in [1.29, 1.82) is 0 Å². The number of fused-ring (bicyclic) bond motifs is 1. The number of hydrogen-bond donors (Lipinski definition) is 1. The van der Waals surface area contributed by atoms with E-state index < -0.39 is 28.6 Å². The minimum absolute atomic E-state index is 0.165. The van der Waals surface area contributed by atoms with Crippen LogP contribution in [-0.2, 0) is 28.6 Å². The van der Waals surface area contributed by atoms with Gasteiger partial charge in [0.15, 0.2) is 6.29 Å². The summed E-state index contributed by atoms with van der Waals surface area (Å²) in [5.41, 5.74) is 1.22. The molecule has 2 aliphatic rings. The van der Waals surface area contributed by atoms with Crippen LogP contribution in [0, 0.1) is 5.92 Å². The molecule has 1 aromatic carbocycles. The minimum Gasteiger partial charge on any atom is -0.354 e. The first-order valence-electron chi connectivity index (χ1n) is 9.17. The molecule has 0 unspecified atom stereocenters. The van der Waals surface area contributed by atoms with Gasteiger partial charge < -0.3 is 14.8 Å². The van der Waals surface area contributed by atoms with E-state index in [2.05, 4.69) is 17.4 Å². The minimum atomic E-state index is -3.72. The largest absolute Gasteiger partial charge is 0.354 e. The van der Waals surface area contributed by atoms with Gasteiger partial charge in [-0.2, -0.15) is 8.42 Å². The van der Waals surface area contributed by atoms with Gasteiger partial charge in [-0.05, 0) is 30.7 Å². The van der Waals surface area contributed by atoms with Gasteiger partial charge >= 0.3 is 0 Å². The standard InChI is InChI=1S/C19H27NO6S/c1-12(21)20-17-18(26-27(3,22)23)15-11-14(13-7-5-4-6-8-13)9-10-16(15)25-19(17)24-2/h4-8,14-19H,9-11H2,1-3H3,(H,20,21)/t14-,15-,16+,17-,18-,19+/m0/s1. The van der Waals surface area contributed by atoms with Crippen LogP contribution in [0.1, 0.15) is 37.7 Å². The maximum Gasteiger partial charge on any atom is 0.264 e. The summed E-state index contributed by atoms with van der Waals surface area (Å²) in [4.78, 5) is 11.7. The normalized spacial score (nSPS) is 33.9. The molecule has 27 heavy (non-hydrogen) atoms. The Balaban J connectivity index is 1.90. The molecule has 2 fully saturated rings. The van der Waals surface area contributed by atoms with Crippen LogP contribution in [0.4, 0.5) is 0 Å². The van der Waals surface area contributed by atoms with E-state index in [9.17, 15) is 13.2 Å². The second-order valence-electron chi connectivity index (χ2n) is 7.35.